The summed E-state index contributed by atoms with van der Waals surface area (Å²) in [5, 5.41) is 5.85. The SMILES string of the molecule is O=C1Nc2c(F)cccc2/C1=C\c1ccc(-c2ccc(Cl)c(C(=O)NCCN3CCCC3)c2)o1. The number of fused-ring (bicyclic) bond motifs is 1. The Labute approximate surface area is 201 Å². The fourth-order valence-corrected chi connectivity index (χ4v) is 4.53. The van der Waals surface area contributed by atoms with E-state index in [1.807, 2.05) is 0 Å². The van der Waals surface area contributed by atoms with Crippen LogP contribution < -0.4 is 10.6 Å². The minimum absolute atomic E-state index is 0.170. The minimum atomic E-state index is -0.484. The molecule has 6 nitrogen and oxygen atoms in total. The average molecular weight is 480 g/mol. The fraction of sp³-hybridized carbons (Fsp3) is 0.231. The predicted molar refractivity (Wildman–Crippen MR) is 130 cm³/mol. The van der Waals surface area contributed by atoms with Gasteiger partial charge in [-0.05, 0) is 68.4 Å². The van der Waals surface area contributed by atoms with Crippen LogP contribution in [0.1, 0.15) is 34.5 Å². The third kappa shape index (κ3) is 4.49. The third-order valence-electron chi connectivity index (χ3n) is 6.11. The summed E-state index contributed by atoms with van der Waals surface area (Å²) in [7, 11) is 0. The summed E-state index contributed by atoms with van der Waals surface area (Å²) in [4.78, 5) is 27.4. The molecule has 2 N–H and O–H groups in total. The van der Waals surface area contributed by atoms with Gasteiger partial charge in [-0.2, -0.15) is 0 Å². The lowest BCUT2D eigenvalue weighted by atomic mass is 10.1. The molecule has 5 rings (SSSR count). The molecule has 8 heteroatoms. The first kappa shape index (κ1) is 22.4. The number of carbonyl (C=O) groups is 2. The maximum absolute atomic E-state index is 14.0. The summed E-state index contributed by atoms with van der Waals surface area (Å²) < 4.78 is 19.9. The highest BCUT2D eigenvalue weighted by Gasteiger charge is 2.27. The molecule has 0 bridgehead atoms. The number of anilines is 1. The maximum Gasteiger partial charge on any atom is 0.256 e. The van der Waals surface area contributed by atoms with Crippen LogP contribution in [0.4, 0.5) is 10.1 Å². The van der Waals surface area contributed by atoms with E-state index in [1.54, 1.807) is 48.5 Å². The number of likely N-dealkylation sites (tertiary alicyclic amines) is 1. The summed E-state index contributed by atoms with van der Waals surface area (Å²) >= 11 is 6.29. The second kappa shape index (κ2) is 9.44. The van der Waals surface area contributed by atoms with Gasteiger partial charge >= 0.3 is 0 Å². The van der Waals surface area contributed by atoms with Gasteiger partial charge in [0.15, 0.2) is 0 Å². The molecule has 0 aliphatic carbocycles. The normalized spacial score (nSPS) is 16.6. The molecule has 2 aliphatic heterocycles. The number of halogens is 2. The molecular weight excluding hydrogens is 457 g/mol. The lowest BCUT2D eigenvalue weighted by Crippen LogP contribution is -2.33. The lowest BCUT2D eigenvalue weighted by molar-refractivity contribution is -0.110. The van der Waals surface area contributed by atoms with Crippen LogP contribution in [0.2, 0.25) is 5.02 Å². The van der Waals surface area contributed by atoms with Gasteiger partial charge in [0.1, 0.15) is 17.3 Å². The topological polar surface area (TPSA) is 74.6 Å². The van der Waals surface area contributed by atoms with Gasteiger partial charge in [-0.3, -0.25) is 9.59 Å². The summed E-state index contributed by atoms with van der Waals surface area (Å²) in [6.45, 7) is 3.53. The van der Waals surface area contributed by atoms with Crippen LogP contribution in [0, 0.1) is 5.82 Å². The van der Waals surface area contributed by atoms with Crippen molar-refractivity contribution in [1.82, 2.24) is 10.2 Å². The molecule has 0 saturated carbocycles. The van der Waals surface area contributed by atoms with Crippen molar-refractivity contribution in [2.45, 2.75) is 12.8 Å². The zero-order valence-electron chi connectivity index (χ0n) is 18.4. The summed E-state index contributed by atoms with van der Waals surface area (Å²) in [6, 6.07) is 13.1. The third-order valence-corrected chi connectivity index (χ3v) is 6.44. The molecule has 0 radical (unpaired) electrons. The van der Waals surface area contributed by atoms with Gasteiger partial charge in [0.25, 0.3) is 11.8 Å². The van der Waals surface area contributed by atoms with E-state index in [2.05, 4.69) is 15.5 Å². The molecule has 2 aliphatic rings. The maximum atomic E-state index is 14.0. The van der Waals surface area contributed by atoms with Gasteiger partial charge in [-0.15, -0.1) is 0 Å². The van der Waals surface area contributed by atoms with Gasteiger partial charge in [-0.1, -0.05) is 23.7 Å². The fourth-order valence-electron chi connectivity index (χ4n) is 4.33. The van der Waals surface area contributed by atoms with Gasteiger partial charge in [-0.25, -0.2) is 4.39 Å². The monoisotopic (exact) mass is 479 g/mol. The van der Waals surface area contributed by atoms with Crippen molar-refractivity contribution < 1.29 is 18.4 Å². The molecule has 1 fully saturated rings. The van der Waals surface area contributed by atoms with Gasteiger partial charge in [0.2, 0.25) is 0 Å². The first-order valence-corrected chi connectivity index (χ1v) is 11.6. The molecule has 0 spiro atoms. The molecule has 1 saturated heterocycles. The Kier molecular flexibility index (Phi) is 6.22. The quantitative estimate of drug-likeness (QED) is 0.485. The molecule has 3 aromatic rings. The standard InChI is InChI=1S/C26H23ClFN3O3/c27-21-8-6-16(14-20(21)25(32)29-10-13-31-11-1-2-12-31)23-9-7-17(34-23)15-19-18-4-3-5-22(28)24(18)30-26(19)33/h3-9,14-15H,1-2,10-13H2,(H,29,32)(H,30,33)/b19-15+. The van der Waals surface area contributed by atoms with E-state index < -0.39 is 11.7 Å². The number of hydrogen-bond donors (Lipinski definition) is 2. The zero-order valence-corrected chi connectivity index (χ0v) is 19.1. The van der Waals surface area contributed by atoms with E-state index in [0.717, 1.165) is 19.6 Å². The van der Waals surface area contributed by atoms with Crippen molar-refractivity contribution in [3.05, 3.63) is 76.3 Å². The Hall–Kier alpha value is -3.42. The van der Waals surface area contributed by atoms with Crippen molar-refractivity contribution in [2.75, 3.05) is 31.5 Å². The highest BCUT2D eigenvalue weighted by Crippen LogP contribution is 2.35. The van der Waals surface area contributed by atoms with Crippen LogP contribution in [0.25, 0.3) is 23.0 Å². The van der Waals surface area contributed by atoms with Gasteiger partial charge in [0, 0.05) is 24.2 Å². The minimum Gasteiger partial charge on any atom is -0.457 e. The molecule has 34 heavy (non-hydrogen) atoms. The molecule has 0 atom stereocenters. The van der Waals surface area contributed by atoms with Gasteiger partial charge < -0.3 is 20.0 Å². The van der Waals surface area contributed by atoms with Crippen molar-refractivity contribution in [2.24, 2.45) is 0 Å². The van der Waals surface area contributed by atoms with Crippen LogP contribution >= 0.6 is 11.6 Å². The average Bonchev–Trinajstić information content (AvgIpc) is 3.57. The smallest absolute Gasteiger partial charge is 0.256 e. The largest absolute Gasteiger partial charge is 0.457 e. The second-order valence-electron chi connectivity index (χ2n) is 8.38. The molecule has 174 valence electrons. The molecular formula is C26H23ClFN3O3. The number of amides is 2. The highest BCUT2D eigenvalue weighted by atomic mass is 35.5. The van der Waals surface area contributed by atoms with Crippen LogP contribution in [0.3, 0.4) is 0 Å². The number of furan rings is 1. The molecule has 2 aromatic carbocycles. The van der Waals surface area contributed by atoms with Crippen molar-refractivity contribution in [3.8, 4) is 11.3 Å². The Balaban J connectivity index is 1.33. The van der Waals surface area contributed by atoms with Crippen LogP contribution in [-0.4, -0.2) is 42.9 Å². The summed E-state index contributed by atoms with van der Waals surface area (Å²) in [5.74, 6) is -0.156. The van der Waals surface area contributed by atoms with E-state index in [-0.39, 0.29) is 11.6 Å². The van der Waals surface area contributed by atoms with E-state index >= 15 is 0 Å². The van der Waals surface area contributed by atoms with E-state index in [4.69, 9.17) is 16.0 Å². The highest BCUT2D eigenvalue weighted by molar-refractivity contribution is 6.35. The number of hydrogen-bond acceptors (Lipinski definition) is 4. The predicted octanol–water partition coefficient (Wildman–Crippen LogP) is 5.06. The Bertz CT molecular complexity index is 1290. The van der Waals surface area contributed by atoms with Crippen molar-refractivity contribution in [1.29, 1.82) is 0 Å². The molecule has 2 amide bonds. The van der Waals surface area contributed by atoms with Gasteiger partial charge in [0.05, 0.1) is 21.8 Å². The van der Waals surface area contributed by atoms with E-state index in [1.165, 1.54) is 18.9 Å². The number of nitrogens with zero attached hydrogens (tertiary/aromatic N) is 1. The number of nitrogens with one attached hydrogen (secondary N) is 2. The number of carbonyl (C=O) groups excluding carboxylic acids is 2. The Morgan fingerprint density at radius 1 is 1.18 bits per heavy atom. The molecule has 3 heterocycles. The zero-order chi connectivity index (χ0) is 23.7. The first-order valence-electron chi connectivity index (χ1n) is 11.2. The van der Waals surface area contributed by atoms with E-state index in [9.17, 15) is 14.0 Å². The Morgan fingerprint density at radius 3 is 2.82 bits per heavy atom. The number of rotatable bonds is 6. The van der Waals surface area contributed by atoms with E-state index in [0.29, 0.717) is 45.4 Å². The van der Waals surface area contributed by atoms with Crippen LogP contribution in [0.15, 0.2) is 52.9 Å². The molecule has 0 unspecified atom stereocenters. The van der Waals surface area contributed by atoms with Crippen LogP contribution in [0.5, 0.6) is 0 Å². The van der Waals surface area contributed by atoms with Crippen molar-refractivity contribution in [3.63, 3.8) is 0 Å². The second-order valence-corrected chi connectivity index (χ2v) is 8.78. The number of benzene rings is 2. The lowest BCUT2D eigenvalue weighted by Gasteiger charge is -2.15. The summed E-state index contributed by atoms with van der Waals surface area (Å²) in [6.07, 6.45) is 3.99. The number of para-hydroxylation sites is 1. The summed E-state index contributed by atoms with van der Waals surface area (Å²) in [5.41, 5.74) is 2.04. The Morgan fingerprint density at radius 2 is 2.00 bits per heavy atom. The van der Waals surface area contributed by atoms with Crippen LogP contribution in [-0.2, 0) is 4.79 Å². The van der Waals surface area contributed by atoms with Crippen molar-refractivity contribution >= 4 is 40.8 Å². The molecule has 1 aromatic heterocycles. The first-order chi connectivity index (χ1) is 16.5.